The Hall–Kier alpha value is -2.70. The van der Waals surface area contributed by atoms with Crippen molar-refractivity contribution in [2.24, 2.45) is 5.92 Å². The van der Waals surface area contributed by atoms with Gasteiger partial charge in [0.1, 0.15) is 5.75 Å². The minimum absolute atomic E-state index is 0.0943. The Labute approximate surface area is 146 Å². The van der Waals surface area contributed by atoms with E-state index in [1.54, 1.807) is 25.3 Å². The van der Waals surface area contributed by atoms with E-state index in [4.69, 9.17) is 4.74 Å². The smallest absolute Gasteiger partial charge is 0.251 e. The summed E-state index contributed by atoms with van der Waals surface area (Å²) in [5.41, 5.74) is 0.594. The molecule has 132 valence electrons. The molecule has 1 aliphatic heterocycles. The fourth-order valence-electron chi connectivity index (χ4n) is 2.91. The van der Waals surface area contributed by atoms with Crippen molar-refractivity contribution in [2.75, 3.05) is 31.6 Å². The SMILES string of the molecule is COc1cccc(C(=O)NCC2CCN(c3ncc(F)cn3)CC2)c1. The number of anilines is 1. The van der Waals surface area contributed by atoms with Crippen LogP contribution in [-0.4, -0.2) is 42.6 Å². The molecule has 0 atom stereocenters. The molecule has 0 bridgehead atoms. The van der Waals surface area contributed by atoms with Crippen LogP contribution < -0.4 is 15.0 Å². The fourth-order valence-corrected chi connectivity index (χ4v) is 2.91. The number of benzene rings is 1. The maximum absolute atomic E-state index is 12.9. The first-order valence-corrected chi connectivity index (χ1v) is 8.30. The summed E-state index contributed by atoms with van der Waals surface area (Å²) in [5.74, 6) is 1.11. The molecule has 7 heteroatoms. The number of halogens is 1. The van der Waals surface area contributed by atoms with Crippen LogP contribution in [0.25, 0.3) is 0 Å². The van der Waals surface area contributed by atoms with Crippen LogP contribution in [0.2, 0.25) is 0 Å². The lowest BCUT2D eigenvalue weighted by Gasteiger charge is -2.31. The molecule has 2 heterocycles. The summed E-state index contributed by atoms with van der Waals surface area (Å²) < 4.78 is 18.0. The molecule has 1 amide bonds. The zero-order chi connectivity index (χ0) is 17.6. The molecular weight excluding hydrogens is 323 g/mol. The Balaban J connectivity index is 1.47. The number of nitrogens with one attached hydrogen (secondary N) is 1. The van der Waals surface area contributed by atoms with Gasteiger partial charge in [0, 0.05) is 25.2 Å². The summed E-state index contributed by atoms with van der Waals surface area (Å²) in [5, 5.41) is 2.99. The summed E-state index contributed by atoms with van der Waals surface area (Å²) >= 11 is 0. The molecule has 1 aromatic carbocycles. The molecule has 6 nitrogen and oxygen atoms in total. The molecule has 3 rings (SSSR count). The zero-order valence-corrected chi connectivity index (χ0v) is 14.1. The van der Waals surface area contributed by atoms with E-state index in [2.05, 4.69) is 15.3 Å². The first-order valence-electron chi connectivity index (χ1n) is 8.30. The molecule has 1 aromatic heterocycles. The van der Waals surface area contributed by atoms with Gasteiger partial charge >= 0.3 is 0 Å². The molecular formula is C18H21FN4O2. The van der Waals surface area contributed by atoms with Gasteiger partial charge in [-0.1, -0.05) is 6.07 Å². The third-order valence-electron chi connectivity index (χ3n) is 4.39. The van der Waals surface area contributed by atoms with E-state index < -0.39 is 5.82 Å². The van der Waals surface area contributed by atoms with Crippen LogP contribution in [0.4, 0.5) is 10.3 Å². The molecule has 1 aliphatic rings. The van der Waals surface area contributed by atoms with Gasteiger partial charge in [-0.2, -0.15) is 0 Å². The highest BCUT2D eigenvalue weighted by atomic mass is 19.1. The van der Waals surface area contributed by atoms with E-state index in [0.717, 1.165) is 25.9 Å². The van der Waals surface area contributed by atoms with Gasteiger partial charge in [0.05, 0.1) is 19.5 Å². The Kier molecular flexibility index (Phi) is 5.42. The molecule has 2 aromatic rings. The minimum Gasteiger partial charge on any atom is -0.497 e. The lowest BCUT2D eigenvalue weighted by Crippen LogP contribution is -2.39. The van der Waals surface area contributed by atoms with E-state index in [1.807, 2.05) is 11.0 Å². The third kappa shape index (κ3) is 4.43. The summed E-state index contributed by atoms with van der Waals surface area (Å²) in [6.45, 7) is 2.23. The van der Waals surface area contributed by atoms with Gasteiger partial charge in [-0.25, -0.2) is 14.4 Å². The Morgan fingerprint density at radius 2 is 2.04 bits per heavy atom. The number of methoxy groups -OCH3 is 1. The second-order valence-electron chi connectivity index (χ2n) is 6.07. The number of carbonyl (C=O) groups excluding carboxylic acids is 1. The number of rotatable bonds is 5. The second-order valence-corrected chi connectivity index (χ2v) is 6.07. The summed E-state index contributed by atoms with van der Waals surface area (Å²) in [7, 11) is 1.58. The predicted molar refractivity (Wildman–Crippen MR) is 92.3 cm³/mol. The van der Waals surface area contributed by atoms with Crippen molar-refractivity contribution in [1.82, 2.24) is 15.3 Å². The normalized spacial score (nSPS) is 15.0. The van der Waals surface area contributed by atoms with Crippen molar-refractivity contribution in [3.8, 4) is 5.75 Å². The van der Waals surface area contributed by atoms with Gasteiger partial charge in [-0.3, -0.25) is 4.79 Å². The van der Waals surface area contributed by atoms with Crippen LogP contribution in [0.5, 0.6) is 5.75 Å². The van der Waals surface area contributed by atoms with Crippen molar-refractivity contribution in [2.45, 2.75) is 12.8 Å². The van der Waals surface area contributed by atoms with Crippen molar-refractivity contribution in [1.29, 1.82) is 0 Å². The summed E-state index contributed by atoms with van der Waals surface area (Å²) in [4.78, 5) is 22.3. The average molecular weight is 344 g/mol. The number of carbonyl (C=O) groups is 1. The number of hydrogen-bond donors (Lipinski definition) is 1. The number of piperidine rings is 1. The highest BCUT2D eigenvalue weighted by molar-refractivity contribution is 5.94. The zero-order valence-electron chi connectivity index (χ0n) is 14.1. The first kappa shape index (κ1) is 17.1. The van der Waals surface area contributed by atoms with Gasteiger partial charge < -0.3 is 15.0 Å². The lowest BCUT2D eigenvalue weighted by molar-refractivity contribution is 0.0944. The molecule has 25 heavy (non-hydrogen) atoms. The molecule has 0 saturated carbocycles. The highest BCUT2D eigenvalue weighted by Gasteiger charge is 2.21. The molecule has 1 fully saturated rings. The quantitative estimate of drug-likeness (QED) is 0.901. The highest BCUT2D eigenvalue weighted by Crippen LogP contribution is 2.20. The minimum atomic E-state index is -0.432. The average Bonchev–Trinajstić information content (AvgIpc) is 2.67. The van der Waals surface area contributed by atoms with Gasteiger partial charge in [0.2, 0.25) is 5.95 Å². The molecule has 0 radical (unpaired) electrons. The Morgan fingerprint density at radius 3 is 2.72 bits per heavy atom. The van der Waals surface area contributed by atoms with Crippen LogP contribution in [0.1, 0.15) is 23.2 Å². The molecule has 0 spiro atoms. The van der Waals surface area contributed by atoms with Crippen molar-refractivity contribution in [3.05, 3.63) is 48.0 Å². The van der Waals surface area contributed by atoms with Crippen molar-refractivity contribution in [3.63, 3.8) is 0 Å². The fraction of sp³-hybridized carbons (Fsp3) is 0.389. The molecule has 0 unspecified atom stereocenters. The van der Waals surface area contributed by atoms with Gasteiger partial charge in [-0.15, -0.1) is 0 Å². The number of ether oxygens (including phenoxy) is 1. The van der Waals surface area contributed by atoms with E-state index >= 15 is 0 Å². The number of nitrogens with zero attached hydrogens (tertiary/aromatic N) is 3. The Morgan fingerprint density at radius 1 is 1.32 bits per heavy atom. The van der Waals surface area contributed by atoms with Crippen LogP contribution in [-0.2, 0) is 0 Å². The van der Waals surface area contributed by atoms with Gasteiger partial charge in [0.15, 0.2) is 5.82 Å². The van der Waals surface area contributed by atoms with Crippen molar-refractivity contribution >= 4 is 11.9 Å². The van der Waals surface area contributed by atoms with Gasteiger partial charge in [0.25, 0.3) is 5.91 Å². The monoisotopic (exact) mass is 344 g/mol. The van der Waals surface area contributed by atoms with E-state index in [1.165, 1.54) is 12.4 Å². The topological polar surface area (TPSA) is 67.3 Å². The maximum atomic E-state index is 12.9. The van der Waals surface area contributed by atoms with Crippen LogP contribution in [0.15, 0.2) is 36.7 Å². The number of amides is 1. The standard InChI is InChI=1S/C18H21FN4O2/c1-25-16-4-2-3-14(9-16)17(24)20-10-13-5-7-23(8-6-13)18-21-11-15(19)12-22-18/h2-4,9,11-13H,5-8,10H2,1H3,(H,20,24). The van der Waals surface area contributed by atoms with E-state index in [9.17, 15) is 9.18 Å². The first-order chi connectivity index (χ1) is 12.2. The summed E-state index contributed by atoms with van der Waals surface area (Å²) in [6.07, 6.45) is 4.23. The molecule has 1 N–H and O–H groups in total. The Bertz CT molecular complexity index is 715. The van der Waals surface area contributed by atoms with E-state index in [0.29, 0.717) is 29.7 Å². The predicted octanol–water partition coefficient (Wildman–Crippen LogP) is 2.27. The maximum Gasteiger partial charge on any atom is 0.251 e. The number of hydrogen-bond acceptors (Lipinski definition) is 5. The largest absolute Gasteiger partial charge is 0.497 e. The second kappa shape index (κ2) is 7.92. The van der Waals surface area contributed by atoms with Crippen LogP contribution >= 0.6 is 0 Å². The van der Waals surface area contributed by atoms with Crippen LogP contribution in [0, 0.1) is 11.7 Å². The third-order valence-corrected chi connectivity index (χ3v) is 4.39. The molecule has 0 aliphatic carbocycles. The summed E-state index contributed by atoms with van der Waals surface area (Å²) in [6, 6.07) is 7.11. The van der Waals surface area contributed by atoms with Gasteiger partial charge in [-0.05, 0) is 37.0 Å². The van der Waals surface area contributed by atoms with E-state index in [-0.39, 0.29) is 5.91 Å². The molecule has 1 saturated heterocycles. The number of aromatic nitrogens is 2. The van der Waals surface area contributed by atoms with Crippen LogP contribution in [0.3, 0.4) is 0 Å². The van der Waals surface area contributed by atoms with Crippen molar-refractivity contribution < 1.29 is 13.9 Å². The lowest BCUT2D eigenvalue weighted by atomic mass is 9.97.